The molecule has 2 heterocycles. The maximum Gasteiger partial charge on any atom is 0.219 e. The van der Waals surface area contributed by atoms with Crippen LogP contribution in [0.1, 0.15) is 32.3 Å². The maximum absolute atomic E-state index is 5.87. The van der Waals surface area contributed by atoms with Crippen molar-refractivity contribution in [3.63, 3.8) is 0 Å². The summed E-state index contributed by atoms with van der Waals surface area (Å²) < 4.78 is 17.1. The first-order valence-corrected chi connectivity index (χ1v) is 10.3. The van der Waals surface area contributed by atoms with Gasteiger partial charge in [0, 0.05) is 32.0 Å². The first-order chi connectivity index (χ1) is 14.3. The number of nitrogens with zero attached hydrogens (tertiary/aromatic N) is 2. The molecule has 1 atom stereocenters. The fraction of sp³-hybridized carbons (Fsp3) is 0.455. The van der Waals surface area contributed by atoms with Crippen molar-refractivity contribution in [1.82, 2.24) is 15.6 Å². The van der Waals surface area contributed by atoms with E-state index in [0.29, 0.717) is 30.5 Å². The van der Waals surface area contributed by atoms with E-state index in [1.165, 1.54) is 0 Å². The fourth-order valence-electron chi connectivity index (χ4n) is 3.01. The normalized spacial score (nSPS) is 16.5. The van der Waals surface area contributed by atoms with Gasteiger partial charge < -0.3 is 24.8 Å². The zero-order chi connectivity index (χ0) is 20.3. The lowest BCUT2D eigenvalue weighted by Crippen LogP contribution is -2.41. The second-order valence-electron chi connectivity index (χ2n) is 6.70. The number of hydrogen-bond donors (Lipinski definition) is 2. The number of nitrogens with one attached hydrogen (secondary N) is 2. The highest BCUT2D eigenvalue weighted by Gasteiger charge is 2.15. The molecule has 1 unspecified atom stereocenters. The van der Waals surface area contributed by atoms with Crippen molar-refractivity contribution >= 4 is 5.96 Å². The Morgan fingerprint density at radius 2 is 2.03 bits per heavy atom. The van der Waals surface area contributed by atoms with Crippen LogP contribution in [0.2, 0.25) is 0 Å². The molecule has 7 heteroatoms. The van der Waals surface area contributed by atoms with Gasteiger partial charge in [-0.05, 0) is 44.4 Å². The molecule has 2 N–H and O–H groups in total. The van der Waals surface area contributed by atoms with Crippen molar-refractivity contribution < 1.29 is 14.2 Å². The Morgan fingerprint density at radius 1 is 1.17 bits per heavy atom. The van der Waals surface area contributed by atoms with Crippen LogP contribution in [0.5, 0.6) is 17.4 Å². The molecule has 7 nitrogen and oxygen atoms in total. The Morgan fingerprint density at radius 3 is 2.72 bits per heavy atom. The van der Waals surface area contributed by atoms with Crippen molar-refractivity contribution in [3.8, 4) is 17.4 Å². The summed E-state index contributed by atoms with van der Waals surface area (Å²) in [5.74, 6) is 2.67. The van der Waals surface area contributed by atoms with Gasteiger partial charge in [0.15, 0.2) is 17.5 Å². The van der Waals surface area contributed by atoms with Crippen LogP contribution >= 0.6 is 0 Å². The van der Waals surface area contributed by atoms with Crippen molar-refractivity contribution in [2.24, 2.45) is 4.99 Å². The van der Waals surface area contributed by atoms with Gasteiger partial charge in [-0.1, -0.05) is 18.2 Å². The van der Waals surface area contributed by atoms with E-state index in [1.807, 2.05) is 43.3 Å². The highest BCUT2D eigenvalue weighted by Crippen LogP contribution is 2.30. The number of aromatic nitrogens is 1. The summed E-state index contributed by atoms with van der Waals surface area (Å²) in [6.45, 7) is 7.55. The molecule has 2 aromatic rings. The Labute approximate surface area is 172 Å². The Balaban J connectivity index is 1.56. The monoisotopic (exact) mass is 398 g/mol. The van der Waals surface area contributed by atoms with Crippen LogP contribution in [-0.2, 0) is 11.3 Å². The zero-order valence-corrected chi connectivity index (χ0v) is 17.2. The van der Waals surface area contributed by atoms with E-state index in [9.17, 15) is 0 Å². The quantitative estimate of drug-likeness (QED) is 0.497. The maximum atomic E-state index is 5.87. The minimum atomic E-state index is 0.275. The van der Waals surface area contributed by atoms with Crippen molar-refractivity contribution in [2.45, 2.75) is 39.3 Å². The van der Waals surface area contributed by atoms with Crippen molar-refractivity contribution in [1.29, 1.82) is 0 Å². The first-order valence-electron chi connectivity index (χ1n) is 10.3. The van der Waals surface area contributed by atoms with E-state index >= 15 is 0 Å². The van der Waals surface area contributed by atoms with Gasteiger partial charge in [-0.25, -0.2) is 9.98 Å². The Hall–Kier alpha value is -2.80. The number of benzene rings is 1. The predicted octanol–water partition coefficient (Wildman–Crippen LogP) is 3.51. The minimum Gasteiger partial charge on any atom is -0.490 e. The second kappa shape index (κ2) is 11.3. The molecule has 0 spiro atoms. The van der Waals surface area contributed by atoms with Gasteiger partial charge in [-0.3, -0.25) is 0 Å². The molecule has 0 radical (unpaired) electrons. The molecule has 1 aromatic carbocycles. The molecular formula is C22H30N4O3. The third kappa shape index (κ3) is 6.64. The molecular weight excluding hydrogens is 368 g/mol. The average Bonchev–Trinajstić information content (AvgIpc) is 3.26. The van der Waals surface area contributed by atoms with Crippen LogP contribution in [0.3, 0.4) is 0 Å². The molecule has 0 bridgehead atoms. The topological polar surface area (TPSA) is 77.0 Å². The van der Waals surface area contributed by atoms with E-state index in [1.54, 1.807) is 6.20 Å². The summed E-state index contributed by atoms with van der Waals surface area (Å²) in [6, 6.07) is 11.4. The molecule has 1 saturated heterocycles. The highest BCUT2D eigenvalue weighted by atomic mass is 16.5. The molecule has 1 aromatic heterocycles. The van der Waals surface area contributed by atoms with Crippen LogP contribution < -0.4 is 20.1 Å². The van der Waals surface area contributed by atoms with E-state index in [0.717, 1.165) is 44.1 Å². The van der Waals surface area contributed by atoms with Crippen LogP contribution in [0.25, 0.3) is 0 Å². The number of para-hydroxylation sites is 2. The van der Waals surface area contributed by atoms with E-state index in [-0.39, 0.29) is 6.10 Å². The van der Waals surface area contributed by atoms with Crippen LogP contribution in [0.4, 0.5) is 0 Å². The zero-order valence-electron chi connectivity index (χ0n) is 17.2. The standard InChI is InChI=1S/C22H30N4O3/c1-3-23-22(26-16-18-8-7-13-28-18)25-15-17-11-12-21(24-14-17)29-20-10-6-5-9-19(20)27-4-2/h5-6,9-12,14,18H,3-4,7-8,13,15-16H2,1-2H3,(H2,23,25,26). The minimum absolute atomic E-state index is 0.275. The molecule has 1 aliphatic rings. The molecule has 0 aliphatic carbocycles. The van der Waals surface area contributed by atoms with Crippen LogP contribution in [-0.4, -0.2) is 43.4 Å². The largest absolute Gasteiger partial charge is 0.490 e. The van der Waals surface area contributed by atoms with Gasteiger partial charge in [0.05, 0.1) is 19.3 Å². The summed E-state index contributed by atoms with van der Waals surface area (Å²) >= 11 is 0. The lowest BCUT2D eigenvalue weighted by atomic mass is 10.2. The van der Waals surface area contributed by atoms with Crippen LogP contribution in [0, 0.1) is 0 Å². The molecule has 3 rings (SSSR count). The summed E-state index contributed by atoms with van der Waals surface area (Å²) in [7, 11) is 0. The number of hydrogen-bond acceptors (Lipinski definition) is 5. The molecule has 29 heavy (non-hydrogen) atoms. The van der Waals surface area contributed by atoms with E-state index < -0.39 is 0 Å². The lowest BCUT2D eigenvalue weighted by Gasteiger charge is -2.14. The molecule has 1 fully saturated rings. The van der Waals surface area contributed by atoms with Crippen LogP contribution in [0.15, 0.2) is 47.6 Å². The van der Waals surface area contributed by atoms with Gasteiger partial charge >= 0.3 is 0 Å². The number of pyridine rings is 1. The summed E-state index contributed by atoms with van der Waals surface area (Å²) in [4.78, 5) is 9.04. The lowest BCUT2D eigenvalue weighted by molar-refractivity contribution is 0.114. The van der Waals surface area contributed by atoms with E-state index in [2.05, 4.69) is 27.5 Å². The van der Waals surface area contributed by atoms with E-state index in [4.69, 9.17) is 14.2 Å². The third-order valence-electron chi connectivity index (χ3n) is 4.45. The Kier molecular flexibility index (Phi) is 8.12. The average molecular weight is 399 g/mol. The first kappa shape index (κ1) is 20.9. The predicted molar refractivity (Wildman–Crippen MR) is 114 cm³/mol. The van der Waals surface area contributed by atoms with Gasteiger partial charge in [-0.2, -0.15) is 0 Å². The molecule has 1 aliphatic heterocycles. The molecule has 156 valence electrons. The van der Waals surface area contributed by atoms with Gasteiger partial charge in [-0.15, -0.1) is 0 Å². The number of guanidine groups is 1. The summed E-state index contributed by atoms with van der Waals surface area (Å²) in [6.07, 6.45) is 4.29. The van der Waals surface area contributed by atoms with Crippen molar-refractivity contribution in [3.05, 3.63) is 48.2 Å². The summed E-state index contributed by atoms with van der Waals surface area (Å²) in [5, 5.41) is 6.61. The third-order valence-corrected chi connectivity index (χ3v) is 4.45. The summed E-state index contributed by atoms with van der Waals surface area (Å²) in [5.41, 5.74) is 1.00. The molecule has 0 amide bonds. The second-order valence-corrected chi connectivity index (χ2v) is 6.70. The van der Waals surface area contributed by atoms with Gasteiger partial charge in [0.25, 0.3) is 0 Å². The number of rotatable bonds is 9. The number of ether oxygens (including phenoxy) is 3. The fourth-order valence-corrected chi connectivity index (χ4v) is 3.01. The molecule has 0 saturated carbocycles. The SMILES string of the molecule is CCNC(=NCc1ccc(Oc2ccccc2OCC)nc1)NCC1CCCO1. The highest BCUT2D eigenvalue weighted by molar-refractivity contribution is 5.79. The van der Waals surface area contributed by atoms with Gasteiger partial charge in [0.1, 0.15) is 0 Å². The Bertz CT molecular complexity index is 774. The number of aliphatic imine (C=N–C) groups is 1. The smallest absolute Gasteiger partial charge is 0.219 e. The van der Waals surface area contributed by atoms with Crippen molar-refractivity contribution in [2.75, 3.05) is 26.3 Å². The van der Waals surface area contributed by atoms with Gasteiger partial charge in [0.2, 0.25) is 5.88 Å².